The van der Waals surface area contributed by atoms with Gasteiger partial charge < -0.3 is 4.42 Å². The molecule has 1 aliphatic carbocycles. The molecule has 96 valence electrons. The lowest BCUT2D eigenvalue weighted by Gasteiger charge is -1.96. The molecule has 1 aromatic heterocycles. The molecule has 1 aliphatic rings. The topological polar surface area (TPSA) is 30.2 Å². The predicted octanol–water partition coefficient (Wildman–Crippen LogP) is 4.59. The van der Waals surface area contributed by atoms with Gasteiger partial charge in [-0.05, 0) is 49.3 Å². The van der Waals surface area contributed by atoms with Gasteiger partial charge in [-0.2, -0.15) is 0 Å². The van der Waals surface area contributed by atoms with Gasteiger partial charge in [-0.1, -0.05) is 23.7 Å². The molecular weight excluding hydrogens is 260 g/mol. The number of halogens is 1. The number of carbonyl (C=O) groups excluding carboxylic acids is 1. The van der Waals surface area contributed by atoms with Crippen LogP contribution in [0.3, 0.4) is 0 Å². The highest BCUT2D eigenvalue weighted by molar-refractivity contribution is 6.30. The van der Waals surface area contributed by atoms with Crippen LogP contribution in [-0.2, 0) is 4.79 Å². The smallest absolute Gasteiger partial charge is 0.158 e. The van der Waals surface area contributed by atoms with Gasteiger partial charge in [0.05, 0.1) is 0 Å². The fourth-order valence-electron chi connectivity index (χ4n) is 1.91. The number of carbonyl (C=O) groups is 1. The van der Waals surface area contributed by atoms with E-state index < -0.39 is 0 Å². The molecule has 2 nitrogen and oxygen atoms in total. The SMILES string of the molecule is O=C(/C=C/c1ccc(-c2cccc(Cl)c2)o1)C1CC1. The van der Waals surface area contributed by atoms with Gasteiger partial charge in [-0.3, -0.25) is 4.79 Å². The van der Waals surface area contributed by atoms with E-state index >= 15 is 0 Å². The second kappa shape index (κ2) is 5.06. The monoisotopic (exact) mass is 272 g/mol. The van der Waals surface area contributed by atoms with Crippen molar-refractivity contribution in [2.45, 2.75) is 12.8 Å². The third-order valence-electron chi connectivity index (χ3n) is 3.13. The highest BCUT2D eigenvalue weighted by Gasteiger charge is 2.27. The quantitative estimate of drug-likeness (QED) is 0.762. The summed E-state index contributed by atoms with van der Waals surface area (Å²) in [6, 6.07) is 11.2. The second-order valence-corrected chi connectivity index (χ2v) is 5.16. The van der Waals surface area contributed by atoms with Crippen molar-refractivity contribution in [2.75, 3.05) is 0 Å². The molecule has 0 atom stereocenters. The normalized spacial score (nSPS) is 15.0. The van der Waals surface area contributed by atoms with Crippen molar-refractivity contribution in [3.8, 4) is 11.3 Å². The number of hydrogen-bond donors (Lipinski definition) is 0. The Hall–Kier alpha value is -1.80. The molecule has 0 bridgehead atoms. The molecule has 1 heterocycles. The average molecular weight is 273 g/mol. The summed E-state index contributed by atoms with van der Waals surface area (Å²) in [7, 11) is 0. The first-order valence-corrected chi connectivity index (χ1v) is 6.68. The van der Waals surface area contributed by atoms with Gasteiger partial charge in [0.1, 0.15) is 11.5 Å². The Morgan fingerprint density at radius 2 is 2.11 bits per heavy atom. The minimum absolute atomic E-state index is 0.195. The van der Waals surface area contributed by atoms with E-state index in [1.807, 2.05) is 36.4 Å². The van der Waals surface area contributed by atoms with Crippen LogP contribution in [-0.4, -0.2) is 5.78 Å². The first kappa shape index (κ1) is 12.2. The van der Waals surface area contributed by atoms with Crippen molar-refractivity contribution >= 4 is 23.5 Å². The fourth-order valence-corrected chi connectivity index (χ4v) is 2.10. The van der Waals surface area contributed by atoms with Crippen LogP contribution in [0.1, 0.15) is 18.6 Å². The third-order valence-corrected chi connectivity index (χ3v) is 3.36. The van der Waals surface area contributed by atoms with E-state index in [9.17, 15) is 4.79 Å². The van der Waals surface area contributed by atoms with Gasteiger partial charge in [0.2, 0.25) is 0 Å². The summed E-state index contributed by atoms with van der Waals surface area (Å²) in [5.74, 6) is 1.88. The molecule has 3 heteroatoms. The van der Waals surface area contributed by atoms with Crippen LogP contribution in [0.25, 0.3) is 17.4 Å². The summed E-state index contributed by atoms with van der Waals surface area (Å²) in [5, 5.41) is 0.676. The molecule has 0 spiro atoms. The van der Waals surface area contributed by atoms with Gasteiger partial charge in [-0.25, -0.2) is 0 Å². The Balaban J connectivity index is 1.77. The number of ketones is 1. The van der Waals surface area contributed by atoms with E-state index in [0.717, 1.165) is 24.2 Å². The highest BCUT2D eigenvalue weighted by atomic mass is 35.5. The van der Waals surface area contributed by atoms with E-state index in [1.54, 1.807) is 12.2 Å². The van der Waals surface area contributed by atoms with Crippen LogP contribution >= 0.6 is 11.6 Å². The molecule has 1 aromatic carbocycles. The number of rotatable bonds is 4. The molecule has 0 saturated heterocycles. The first-order valence-electron chi connectivity index (χ1n) is 6.30. The molecule has 3 rings (SSSR count). The lowest BCUT2D eigenvalue weighted by molar-refractivity contribution is -0.115. The van der Waals surface area contributed by atoms with E-state index in [0.29, 0.717) is 10.8 Å². The van der Waals surface area contributed by atoms with Gasteiger partial charge in [-0.15, -0.1) is 0 Å². The van der Waals surface area contributed by atoms with Crippen LogP contribution in [0.2, 0.25) is 5.02 Å². The maximum Gasteiger partial charge on any atom is 0.158 e. The lowest BCUT2D eigenvalue weighted by Crippen LogP contribution is -1.92. The average Bonchev–Trinajstić information content (AvgIpc) is 3.15. The van der Waals surface area contributed by atoms with Crippen LogP contribution in [0, 0.1) is 5.92 Å². The zero-order valence-electron chi connectivity index (χ0n) is 10.3. The second-order valence-electron chi connectivity index (χ2n) is 4.72. The van der Waals surface area contributed by atoms with Crippen LogP contribution < -0.4 is 0 Å². The molecule has 0 unspecified atom stereocenters. The third kappa shape index (κ3) is 2.96. The molecule has 0 amide bonds. The number of furan rings is 1. The van der Waals surface area contributed by atoms with Crippen LogP contribution in [0.4, 0.5) is 0 Å². The summed E-state index contributed by atoms with van der Waals surface area (Å²) in [4.78, 5) is 11.6. The van der Waals surface area contributed by atoms with Crippen molar-refractivity contribution in [3.63, 3.8) is 0 Å². The van der Waals surface area contributed by atoms with E-state index in [-0.39, 0.29) is 11.7 Å². The number of allylic oxidation sites excluding steroid dienone is 1. The Kier molecular flexibility index (Phi) is 3.26. The minimum atomic E-state index is 0.195. The molecule has 0 N–H and O–H groups in total. The fraction of sp³-hybridized carbons (Fsp3) is 0.188. The summed E-state index contributed by atoms with van der Waals surface area (Å²) < 4.78 is 5.68. The van der Waals surface area contributed by atoms with Crippen molar-refractivity contribution in [1.82, 2.24) is 0 Å². The predicted molar refractivity (Wildman–Crippen MR) is 75.9 cm³/mol. The molecule has 19 heavy (non-hydrogen) atoms. The molecule has 0 radical (unpaired) electrons. The van der Waals surface area contributed by atoms with Gasteiger partial charge >= 0.3 is 0 Å². The summed E-state index contributed by atoms with van der Waals surface area (Å²) >= 11 is 5.95. The van der Waals surface area contributed by atoms with Gasteiger partial charge in [0, 0.05) is 16.5 Å². The minimum Gasteiger partial charge on any atom is -0.457 e. The summed E-state index contributed by atoms with van der Waals surface area (Å²) in [5.41, 5.74) is 0.931. The van der Waals surface area contributed by atoms with Gasteiger partial charge in [0.15, 0.2) is 5.78 Å². The Bertz CT molecular complexity index is 636. The Morgan fingerprint density at radius 3 is 2.84 bits per heavy atom. The zero-order valence-corrected chi connectivity index (χ0v) is 11.1. The first-order chi connectivity index (χ1) is 9.22. The zero-order chi connectivity index (χ0) is 13.2. The molecule has 1 fully saturated rings. The van der Waals surface area contributed by atoms with Crippen molar-refractivity contribution in [2.24, 2.45) is 5.92 Å². The van der Waals surface area contributed by atoms with Gasteiger partial charge in [0.25, 0.3) is 0 Å². The molecule has 0 aliphatic heterocycles. The van der Waals surface area contributed by atoms with E-state index in [1.165, 1.54) is 0 Å². The summed E-state index contributed by atoms with van der Waals surface area (Å²) in [6.07, 6.45) is 5.39. The van der Waals surface area contributed by atoms with E-state index in [4.69, 9.17) is 16.0 Å². The molecular formula is C16H13ClO2. The maximum absolute atomic E-state index is 11.6. The standard InChI is InChI=1S/C16H13ClO2/c17-13-3-1-2-12(10-13)16-9-7-14(19-16)6-8-15(18)11-4-5-11/h1-3,6-11H,4-5H2/b8-6+. The Labute approximate surface area is 116 Å². The maximum atomic E-state index is 11.6. The van der Waals surface area contributed by atoms with Crippen LogP contribution in [0.15, 0.2) is 46.9 Å². The molecule has 2 aromatic rings. The summed E-state index contributed by atoms with van der Waals surface area (Å²) in [6.45, 7) is 0. The number of benzene rings is 1. The van der Waals surface area contributed by atoms with Crippen molar-refractivity contribution < 1.29 is 9.21 Å². The lowest BCUT2D eigenvalue weighted by atomic mass is 10.2. The largest absolute Gasteiger partial charge is 0.457 e. The van der Waals surface area contributed by atoms with Crippen LogP contribution in [0.5, 0.6) is 0 Å². The highest BCUT2D eigenvalue weighted by Crippen LogP contribution is 2.30. The number of hydrogen-bond acceptors (Lipinski definition) is 2. The van der Waals surface area contributed by atoms with Crippen molar-refractivity contribution in [3.05, 3.63) is 53.3 Å². The van der Waals surface area contributed by atoms with Crippen molar-refractivity contribution in [1.29, 1.82) is 0 Å². The Morgan fingerprint density at radius 1 is 1.26 bits per heavy atom. The van der Waals surface area contributed by atoms with E-state index in [2.05, 4.69) is 0 Å². The molecule has 1 saturated carbocycles.